The maximum absolute atomic E-state index is 12.6. The number of anilines is 1. The normalized spacial score (nSPS) is 22.6. The lowest BCUT2D eigenvalue weighted by Gasteiger charge is -2.31. The Kier molecular flexibility index (Phi) is 6.37. The number of hydrogen-bond donors (Lipinski definition) is 1. The molecule has 7 nitrogen and oxygen atoms in total. The highest BCUT2D eigenvalue weighted by Gasteiger charge is 2.25. The number of nitrogens with zero attached hydrogens (tertiary/aromatic N) is 3. The van der Waals surface area contributed by atoms with Gasteiger partial charge in [-0.15, -0.1) is 0 Å². The summed E-state index contributed by atoms with van der Waals surface area (Å²) in [6.45, 7) is 5.77. The molecular formula is C19H30N4O3S. The van der Waals surface area contributed by atoms with Crippen molar-refractivity contribution in [3.05, 3.63) is 23.9 Å². The Morgan fingerprint density at radius 1 is 1.22 bits per heavy atom. The second kappa shape index (κ2) is 8.56. The zero-order valence-electron chi connectivity index (χ0n) is 16.2. The molecule has 1 aromatic rings. The summed E-state index contributed by atoms with van der Waals surface area (Å²) >= 11 is 0. The average Bonchev–Trinajstić information content (AvgIpc) is 2.66. The van der Waals surface area contributed by atoms with Gasteiger partial charge >= 0.3 is 0 Å². The van der Waals surface area contributed by atoms with Crippen LogP contribution in [0.5, 0.6) is 0 Å². The molecule has 27 heavy (non-hydrogen) atoms. The van der Waals surface area contributed by atoms with Gasteiger partial charge in [0, 0.05) is 38.9 Å². The van der Waals surface area contributed by atoms with Crippen LogP contribution in [0.3, 0.4) is 0 Å². The summed E-state index contributed by atoms with van der Waals surface area (Å²) in [6.07, 6.45) is 6.87. The quantitative estimate of drug-likeness (QED) is 0.826. The van der Waals surface area contributed by atoms with Crippen molar-refractivity contribution in [1.82, 2.24) is 14.2 Å². The van der Waals surface area contributed by atoms with Gasteiger partial charge in [0.2, 0.25) is 10.0 Å². The zero-order chi connectivity index (χ0) is 19.4. The monoisotopic (exact) mass is 394 g/mol. The Bertz CT molecular complexity index is 743. The Hall–Kier alpha value is -1.67. The largest absolute Gasteiger partial charge is 0.370 e. The minimum atomic E-state index is -3.08. The first-order valence-electron chi connectivity index (χ1n) is 9.77. The number of sulfonamides is 1. The van der Waals surface area contributed by atoms with Crippen LogP contribution < -0.4 is 5.32 Å². The highest BCUT2D eigenvalue weighted by molar-refractivity contribution is 7.88. The van der Waals surface area contributed by atoms with Gasteiger partial charge in [-0.1, -0.05) is 6.92 Å². The van der Waals surface area contributed by atoms with Crippen LogP contribution in [0.1, 0.15) is 43.0 Å². The Balaban J connectivity index is 1.48. The molecular weight excluding hydrogens is 364 g/mol. The van der Waals surface area contributed by atoms with Gasteiger partial charge in [0.15, 0.2) is 0 Å². The lowest BCUT2D eigenvalue weighted by atomic mass is 9.98. The predicted octanol–water partition coefficient (Wildman–Crippen LogP) is 2.04. The Morgan fingerprint density at radius 3 is 2.56 bits per heavy atom. The third-order valence-corrected chi connectivity index (χ3v) is 6.87. The summed E-state index contributed by atoms with van der Waals surface area (Å²) in [5, 5.41) is 3.32. The molecule has 0 aliphatic carbocycles. The van der Waals surface area contributed by atoms with Crippen LogP contribution in [0.4, 0.5) is 5.82 Å². The van der Waals surface area contributed by atoms with Crippen LogP contribution in [-0.2, 0) is 10.0 Å². The van der Waals surface area contributed by atoms with E-state index in [1.807, 2.05) is 17.0 Å². The van der Waals surface area contributed by atoms with Crippen LogP contribution in [0.25, 0.3) is 0 Å². The van der Waals surface area contributed by atoms with Crippen molar-refractivity contribution < 1.29 is 13.2 Å². The summed E-state index contributed by atoms with van der Waals surface area (Å²) in [5.74, 6) is 1.81. The molecule has 0 bridgehead atoms. The van der Waals surface area contributed by atoms with Gasteiger partial charge in [0.25, 0.3) is 5.91 Å². The number of pyridine rings is 1. The molecule has 1 atom stereocenters. The molecule has 1 aromatic heterocycles. The van der Waals surface area contributed by atoms with E-state index in [-0.39, 0.29) is 5.91 Å². The molecule has 8 heteroatoms. The van der Waals surface area contributed by atoms with E-state index < -0.39 is 10.0 Å². The van der Waals surface area contributed by atoms with E-state index in [1.165, 1.54) is 12.7 Å². The van der Waals surface area contributed by atoms with Crippen LogP contribution in [0.15, 0.2) is 18.3 Å². The average molecular weight is 395 g/mol. The number of likely N-dealkylation sites (tertiary alicyclic amines) is 1. The summed E-state index contributed by atoms with van der Waals surface area (Å²) in [5.41, 5.74) is 0.635. The molecule has 0 saturated carbocycles. The molecule has 1 N–H and O–H groups in total. The van der Waals surface area contributed by atoms with Crippen LogP contribution in [0, 0.1) is 11.8 Å². The molecule has 150 valence electrons. The highest BCUT2D eigenvalue weighted by Crippen LogP contribution is 2.20. The second-order valence-corrected chi connectivity index (χ2v) is 9.90. The molecule has 3 heterocycles. The van der Waals surface area contributed by atoms with Crippen molar-refractivity contribution in [3.63, 3.8) is 0 Å². The highest BCUT2D eigenvalue weighted by atomic mass is 32.2. The van der Waals surface area contributed by atoms with Gasteiger partial charge in [-0.3, -0.25) is 4.79 Å². The Labute approximate surface area is 162 Å². The van der Waals surface area contributed by atoms with Gasteiger partial charge in [-0.05, 0) is 49.7 Å². The number of aromatic nitrogens is 1. The van der Waals surface area contributed by atoms with Gasteiger partial charge in [-0.25, -0.2) is 17.7 Å². The molecule has 2 aliphatic rings. The second-order valence-electron chi connectivity index (χ2n) is 7.92. The number of rotatable bonds is 5. The van der Waals surface area contributed by atoms with E-state index in [0.717, 1.165) is 44.7 Å². The third kappa shape index (κ3) is 5.42. The first kappa shape index (κ1) is 20.1. The number of nitrogens with one attached hydrogen (secondary N) is 1. The van der Waals surface area contributed by atoms with Crippen molar-refractivity contribution in [1.29, 1.82) is 0 Å². The first-order chi connectivity index (χ1) is 12.8. The van der Waals surface area contributed by atoms with Gasteiger partial charge < -0.3 is 10.2 Å². The molecule has 1 amide bonds. The van der Waals surface area contributed by atoms with Crippen molar-refractivity contribution in [2.75, 3.05) is 44.3 Å². The van der Waals surface area contributed by atoms with Crippen molar-refractivity contribution in [2.45, 2.75) is 32.6 Å². The molecule has 0 unspecified atom stereocenters. The minimum Gasteiger partial charge on any atom is -0.370 e. The third-order valence-electron chi connectivity index (χ3n) is 5.57. The minimum absolute atomic E-state index is 0.0637. The smallest absolute Gasteiger partial charge is 0.255 e. The lowest BCUT2D eigenvalue weighted by molar-refractivity contribution is 0.0682. The molecule has 2 saturated heterocycles. The van der Waals surface area contributed by atoms with Crippen LogP contribution in [0.2, 0.25) is 0 Å². The fourth-order valence-electron chi connectivity index (χ4n) is 3.88. The van der Waals surface area contributed by atoms with Gasteiger partial charge in [0.05, 0.1) is 11.8 Å². The van der Waals surface area contributed by atoms with E-state index >= 15 is 0 Å². The van der Waals surface area contributed by atoms with Crippen molar-refractivity contribution in [3.8, 4) is 0 Å². The first-order valence-corrected chi connectivity index (χ1v) is 11.6. The van der Waals surface area contributed by atoms with E-state index in [1.54, 1.807) is 10.5 Å². The topological polar surface area (TPSA) is 82.6 Å². The van der Waals surface area contributed by atoms with Crippen LogP contribution in [-0.4, -0.2) is 67.5 Å². The summed E-state index contributed by atoms with van der Waals surface area (Å²) < 4.78 is 24.7. The number of amides is 1. The Morgan fingerprint density at radius 2 is 1.96 bits per heavy atom. The fraction of sp³-hybridized carbons (Fsp3) is 0.684. The number of carbonyl (C=O) groups is 1. The van der Waals surface area contributed by atoms with E-state index in [9.17, 15) is 13.2 Å². The van der Waals surface area contributed by atoms with Crippen LogP contribution >= 0.6 is 0 Å². The SMILES string of the molecule is C[C@@H]1CCCN(C(=O)c2ccc(NCC3CCN(S(C)(=O)=O)CC3)nc2)C1. The summed E-state index contributed by atoms with van der Waals surface area (Å²) in [4.78, 5) is 18.9. The van der Waals surface area contributed by atoms with Gasteiger partial charge in [0.1, 0.15) is 5.82 Å². The van der Waals surface area contributed by atoms with Crippen molar-refractivity contribution >= 4 is 21.7 Å². The van der Waals surface area contributed by atoms with Crippen molar-refractivity contribution in [2.24, 2.45) is 11.8 Å². The maximum Gasteiger partial charge on any atom is 0.255 e. The van der Waals surface area contributed by atoms with E-state index in [2.05, 4.69) is 17.2 Å². The fourth-order valence-corrected chi connectivity index (χ4v) is 4.75. The molecule has 2 aliphatic heterocycles. The van der Waals surface area contributed by atoms with Gasteiger partial charge in [-0.2, -0.15) is 0 Å². The molecule has 2 fully saturated rings. The van der Waals surface area contributed by atoms with E-state index in [0.29, 0.717) is 30.5 Å². The molecule has 3 rings (SSSR count). The number of carbonyl (C=O) groups excluding carboxylic acids is 1. The summed E-state index contributed by atoms with van der Waals surface area (Å²) in [6, 6.07) is 3.69. The number of hydrogen-bond acceptors (Lipinski definition) is 5. The van der Waals surface area contributed by atoms with E-state index in [4.69, 9.17) is 0 Å². The standard InChI is InChI=1S/C19H30N4O3S/c1-15-4-3-9-22(14-15)19(24)17-5-6-18(21-13-17)20-12-16-7-10-23(11-8-16)27(2,25)26/h5-6,13,15-16H,3-4,7-12,14H2,1-2H3,(H,20,21)/t15-/m1/s1. The molecule has 0 radical (unpaired) electrons. The zero-order valence-corrected chi connectivity index (χ0v) is 17.0. The molecule has 0 spiro atoms. The summed E-state index contributed by atoms with van der Waals surface area (Å²) in [7, 11) is -3.08. The lowest BCUT2D eigenvalue weighted by Crippen LogP contribution is -2.39. The number of piperidine rings is 2. The maximum atomic E-state index is 12.6. The molecule has 0 aromatic carbocycles. The predicted molar refractivity (Wildman–Crippen MR) is 106 cm³/mol.